The zero-order valence-corrected chi connectivity index (χ0v) is 18.2. The molecule has 6 nitrogen and oxygen atoms in total. The fourth-order valence-electron chi connectivity index (χ4n) is 5.30. The van der Waals surface area contributed by atoms with E-state index in [0.29, 0.717) is 29.1 Å². The minimum atomic E-state index is 0.385. The highest BCUT2D eigenvalue weighted by molar-refractivity contribution is 6.03. The minimum Gasteiger partial charge on any atom is -0.338 e. The van der Waals surface area contributed by atoms with Crippen molar-refractivity contribution < 1.29 is 0 Å². The lowest BCUT2D eigenvalue weighted by molar-refractivity contribution is 0.149. The molecule has 2 N–H and O–H groups in total. The van der Waals surface area contributed by atoms with E-state index in [2.05, 4.69) is 88.9 Å². The molecule has 3 atom stereocenters. The van der Waals surface area contributed by atoms with E-state index in [9.17, 15) is 0 Å². The van der Waals surface area contributed by atoms with Crippen LogP contribution in [0.3, 0.4) is 0 Å². The van der Waals surface area contributed by atoms with Crippen LogP contribution in [0.15, 0.2) is 34.9 Å². The Hall–Kier alpha value is -2.76. The van der Waals surface area contributed by atoms with E-state index in [0.717, 1.165) is 22.1 Å². The Kier molecular flexibility index (Phi) is 4.60. The Morgan fingerprint density at radius 2 is 2.13 bits per heavy atom. The quantitative estimate of drug-likeness (QED) is 0.338. The summed E-state index contributed by atoms with van der Waals surface area (Å²) >= 11 is 0. The number of H-pyrrole nitrogens is 1. The van der Waals surface area contributed by atoms with Gasteiger partial charge in [0.15, 0.2) is 5.65 Å². The van der Waals surface area contributed by atoms with Gasteiger partial charge in [0.1, 0.15) is 5.52 Å². The molecule has 30 heavy (non-hydrogen) atoms. The summed E-state index contributed by atoms with van der Waals surface area (Å²) < 4.78 is 0. The van der Waals surface area contributed by atoms with E-state index in [-0.39, 0.29) is 0 Å². The number of aromatic amines is 1. The van der Waals surface area contributed by atoms with Crippen molar-refractivity contribution in [2.24, 2.45) is 28.3 Å². The number of aryl methyl sites for hydroxylation is 1. The molecule has 2 aromatic heterocycles. The van der Waals surface area contributed by atoms with Crippen molar-refractivity contribution in [2.45, 2.75) is 53.4 Å². The van der Waals surface area contributed by atoms with Gasteiger partial charge in [-0.15, -0.1) is 10.2 Å². The van der Waals surface area contributed by atoms with Crippen LogP contribution in [0.1, 0.15) is 52.0 Å². The molecule has 0 unspecified atom stereocenters. The number of allylic oxidation sites excluding steroid dienone is 2. The predicted octanol–water partition coefficient (Wildman–Crippen LogP) is 5.62. The van der Waals surface area contributed by atoms with Crippen LogP contribution < -0.4 is 5.43 Å². The van der Waals surface area contributed by atoms with E-state index in [4.69, 9.17) is 0 Å². The highest BCUT2D eigenvalue weighted by Gasteiger charge is 2.40. The summed E-state index contributed by atoms with van der Waals surface area (Å²) in [6.07, 6.45) is 9.42. The number of hydrogen-bond acceptors (Lipinski definition) is 5. The van der Waals surface area contributed by atoms with Crippen molar-refractivity contribution in [3.8, 4) is 0 Å². The molecular weight excluding hydrogens is 372 g/mol. The fraction of sp³-hybridized carbons (Fsp3) is 0.500. The Labute approximate surface area is 177 Å². The van der Waals surface area contributed by atoms with Gasteiger partial charge in [-0.25, -0.2) is 5.43 Å². The first-order valence-corrected chi connectivity index (χ1v) is 11.0. The molecule has 1 aromatic carbocycles. The van der Waals surface area contributed by atoms with Crippen LogP contribution in [-0.2, 0) is 0 Å². The van der Waals surface area contributed by atoms with Crippen molar-refractivity contribution in [3.63, 3.8) is 0 Å². The van der Waals surface area contributed by atoms with E-state index in [1.807, 2.05) is 0 Å². The summed E-state index contributed by atoms with van der Waals surface area (Å²) in [5.74, 6) is 2.15. The maximum atomic E-state index is 4.57. The average molecular weight is 403 g/mol. The number of hydrogen-bond donors (Lipinski definition) is 2. The molecule has 0 spiro atoms. The molecule has 156 valence electrons. The van der Waals surface area contributed by atoms with Crippen LogP contribution in [0.5, 0.6) is 0 Å². The Bertz CT molecular complexity index is 1160. The van der Waals surface area contributed by atoms with Crippen LogP contribution in [-0.4, -0.2) is 26.4 Å². The molecule has 0 bridgehead atoms. The van der Waals surface area contributed by atoms with E-state index in [1.165, 1.54) is 31.2 Å². The molecule has 3 aromatic rings. The highest BCUT2D eigenvalue weighted by Crippen LogP contribution is 2.50. The first kappa shape index (κ1) is 19.2. The summed E-state index contributed by atoms with van der Waals surface area (Å²) in [7, 11) is 0. The van der Waals surface area contributed by atoms with E-state index in [1.54, 1.807) is 5.57 Å². The number of anilines is 1. The van der Waals surface area contributed by atoms with Crippen LogP contribution >= 0.6 is 0 Å². The van der Waals surface area contributed by atoms with Crippen LogP contribution in [0.25, 0.3) is 22.1 Å². The first-order valence-electron chi connectivity index (χ1n) is 11.0. The lowest BCUT2D eigenvalue weighted by atomic mass is 9.59. The standard InChI is InChI=1S/C24H30N6/c1-14-7-8-20-18(10-14)21-22(26-20)27-23(30-28-21)29-25-13-17-12-19-16(11-15(17)2)6-5-9-24(19,3)4/h6-8,10,13,15,17,19H,5,9,11-12H2,1-4H3,(H2,26,27,29,30)/b25-13-/t15-,17+,19+/m1/s1. The molecule has 1 saturated carbocycles. The normalized spacial score (nSPS) is 26.1. The van der Waals surface area contributed by atoms with Gasteiger partial charge >= 0.3 is 0 Å². The van der Waals surface area contributed by atoms with Crippen molar-refractivity contribution in [1.82, 2.24) is 20.2 Å². The molecule has 2 aliphatic carbocycles. The Balaban J connectivity index is 1.33. The number of aromatic nitrogens is 4. The molecule has 0 aliphatic heterocycles. The molecule has 5 rings (SSSR count). The summed E-state index contributed by atoms with van der Waals surface area (Å²) in [4.78, 5) is 7.89. The summed E-state index contributed by atoms with van der Waals surface area (Å²) in [6, 6.07) is 6.24. The van der Waals surface area contributed by atoms with Gasteiger partial charge in [0.2, 0.25) is 0 Å². The number of rotatable bonds is 3. The van der Waals surface area contributed by atoms with Gasteiger partial charge in [-0.05, 0) is 67.9 Å². The van der Waals surface area contributed by atoms with Crippen molar-refractivity contribution >= 4 is 34.2 Å². The molecule has 2 heterocycles. The number of nitrogens with zero attached hydrogens (tertiary/aromatic N) is 4. The maximum Gasteiger partial charge on any atom is 0.265 e. The van der Waals surface area contributed by atoms with Gasteiger partial charge in [0, 0.05) is 17.1 Å². The number of nitrogens with one attached hydrogen (secondary N) is 2. The van der Waals surface area contributed by atoms with Gasteiger partial charge in [0.05, 0.1) is 0 Å². The molecule has 2 aliphatic rings. The molecule has 0 saturated heterocycles. The Morgan fingerprint density at radius 3 is 3.00 bits per heavy atom. The van der Waals surface area contributed by atoms with Crippen molar-refractivity contribution in [3.05, 3.63) is 35.4 Å². The van der Waals surface area contributed by atoms with Crippen LogP contribution in [0, 0.1) is 30.1 Å². The Morgan fingerprint density at radius 1 is 1.27 bits per heavy atom. The average Bonchev–Trinajstić information content (AvgIpc) is 3.05. The second-order valence-electron chi connectivity index (χ2n) is 9.84. The first-order chi connectivity index (χ1) is 14.4. The number of benzene rings is 1. The zero-order chi connectivity index (χ0) is 20.9. The van der Waals surface area contributed by atoms with Gasteiger partial charge in [-0.3, -0.25) is 0 Å². The van der Waals surface area contributed by atoms with Crippen LogP contribution in [0.4, 0.5) is 5.95 Å². The summed E-state index contributed by atoms with van der Waals surface area (Å²) in [6.45, 7) is 9.25. The third-order valence-electron chi connectivity index (χ3n) is 7.18. The topological polar surface area (TPSA) is 78.9 Å². The van der Waals surface area contributed by atoms with Crippen molar-refractivity contribution in [2.75, 3.05) is 5.43 Å². The van der Waals surface area contributed by atoms with E-state index < -0.39 is 0 Å². The monoisotopic (exact) mass is 402 g/mol. The molecule has 0 radical (unpaired) electrons. The fourth-order valence-corrected chi connectivity index (χ4v) is 5.30. The third kappa shape index (κ3) is 3.38. The molecule has 0 amide bonds. The number of hydrazone groups is 1. The molecular formula is C24H30N6. The van der Waals surface area contributed by atoms with Crippen LogP contribution in [0.2, 0.25) is 0 Å². The van der Waals surface area contributed by atoms with Crippen molar-refractivity contribution in [1.29, 1.82) is 0 Å². The van der Waals surface area contributed by atoms with Gasteiger partial charge in [-0.1, -0.05) is 44.1 Å². The molecule has 1 fully saturated rings. The largest absolute Gasteiger partial charge is 0.338 e. The summed E-state index contributed by atoms with van der Waals surface area (Å²) in [5, 5.41) is 14.2. The predicted molar refractivity (Wildman–Crippen MR) is 123 cm³/mol. The third-order valence-corrected chi connectivity index (χ3v) is 7.18. The SMILES string of the molecule is Cc1ccc2[nH]c3nc(N/N=C\[C@@H]4C[C@H]5C(=CCCC5(C)C)C[C@H]4C)nnc3c2c1. The second kappa shape index (κ2) is 7.18. The lowest BCUT2D eigenvalue weighted by Crippen LogP contribution is -2.36. The van der Waals surface area contributed by atoms with Gasteiger partial charge in [-0.2, -0.15) is 10.1 Å². The summed E-state index contributed by atoms with van der Waals surface area (Å²) in [5.41, 5.74) is 8.80. The van der Waals surface area contributed by atoms with Gasteiger partial charge in [0.25, 0.3) is 5.95 Å². The maximum absolute atomic E-state index is 4.57. The van der Waals surface area contributed by atoms with E-state index >= 15 is 0 Å². The molecule has 6 heteroatoms. The number of fused-ring (bicyclic) bond motifs is 4. The second-order valence-corrected chi connectivity index (χ2v) is 9.84. The smallest absolute Gasteiger partial charge is 0.265 e. The lowest BCUT2D eigenvalue weighted by Gasteiger charge is -2.46. The highest BCUT2D eigenvalue weighted by atomic mass is 15.4. The van der Waals surface area contributed by atoms with Gasteiger partial charge < -0.3 is 4.98 Å². The minimum absolute atomic E-state index is 0.385. The zero-order valence-electron chi connectivity index (χ0n) is 18.2.